The van der Waals surface area contributed by atoms with Crippen LogP contribution in [0, 0.1) is 5.92 Å². The van der Waals surface area contributed by atoms with Gasteiger partial charge in [-0.25, -0.2) is 0 Å². The molecule has 1 aromatic carbocycles. The summed E-state index contributed by atoms with van der Waals surface area (Å²) in [4.78, 5) is 41.5. The Hall–Kier alpha value is -2.45. The molecular weight excluding hydrogens is 408 g/mol. The number of likely N-dealkylation sites (tertiary alicyclic amines) is 1. The van der Waals surface area contributed by atoms with E-state index in [9.17, 15) is 14.4 Å². The van der Waals surface area contributed by atoms with Crippen LogP contribution in [0.5, 0.6) is 0 Å². The molecule has 0 unspecified atom stereocenters. The SMILES string of the molecule is O=C(NCC1CCN(C2CCOCC2)CC1)C(=O)Nc1cc2c3c(c1)CC(=O)N3CCC2. The first-order chi connectivity index (χ1) is 15.6. The fourth-order valence-electron chi connectivity index (χ4n) is 5.63. The van der Waals surface area contributed by atoms with Gasteiger partial charge in [0.1, 0.15) is 0 Å². The highest BCUT2D eigenvalue weighted by molar-refractivity contribution is 6.39. The van der Waals surface area contributed by atoms with Gasteiger partial charge in [-0.2, -0.15) is 0 Å². The maximum atomic E-state index is 12.5. The zero-order valence-corrected chi connectivity index (χ0v) is 18.5. The van der Waals surface area contributed by atoms with Gasteiger partial charge in [0.2, 0.25) is 5.91 Å². The summed E-state index contributed by atoms with van der Waals surface area (Å²) < 4.78 is 5.46. The highest BCUT2D eigenvalue weighted by atomic mass is 16.5. The lowest BCUT2D eigenvalue weighted by molar-refractivity contribution is -0.136. The summed E-state index contributed by atoms with van der Waals surface area (Å²) in [5, 5.41) is 5.56. The summed E-state index contributed by atoms with van der Waals surface area (Å²) in [5.74, 6) is -0.716. The van der Waals surface area contributed by atoms with E-state index in [-0.39, 0.29) is 5.91 Å². The second-order valence-corrected chi connectivity index (χ2v) is 9.46. The van der Waals surface area contributed by atoms with Crippen molar-refractivity contribution in [2.45, 2.75) is 51.0 Å². The van der Waals surface area contributed by atoms with Gasteiger partial charge in [-0.1, -0.05) is 0 Å². The van der Waals surface area contributed by atoms with Crippen LogP contribution in [0.3, 0.4) is 0 Å². The van der Waals surface area contributed by atoms with Crippen LogP contribution in [0.25, 0.3) is 0 Å². The smallest absolute Gasteiger partial charge is 0.313 e. The molecule has 0 aliphatic carbocycles. The molecule has 0 aromatic heterocycles. The van der Waals surface area contributed by atoms with E-state index in [4.69, 9.17) is 4.74 Å². The Labute approximate surface area is 188 Å². The largest absolute Gasteiger partial charge is 0.381 e. The minimum absolute atomic E-state index is 0.116. The number of aryl methyl sites for hydroxylation is 1. The van der Waals surface area contributed by atoms with Gasteiger partial charge in [-0.3, -0.25) is 14.4 Å². The summed E-state index contributed by atoms with van der Waals surface area (Å²) >= 11 is 0. The van der Waals surface area contributed by atoms with Crippen LogP contribution < -0.4 is 15.5 Å². The van der Waals surface area contributed by atoms with Crippen LogP contribution in [0.15, 0.2) is 12.1 Å². The molecule has 0 bridgehead atoms. The number of carbonyl (C=O) groups is 3. The van der Waals surface area contributed by atoms with Crippen molar-refractivity contribution in [1.82, 2.24) is 10.2 Å². The van der Waals surface area contributed by atoms with Crippen molar-refractivity contribution in [3.8, 4) is 0 Å². The predicted octanol–water partition coefficient (Wildman–Crippen LogP) is 1.47. The first-order valence-electron chi connectivity index (χ1n) is 12.0. The average Bonchev–Trinajstić information content (AvgIpc) is 3.15. The molecule has 4 aliphatic heterocycles. The van der Waals surface area contributed by atoms with E-state index >= 15 is 0 Å². The van der Waals surface area contributed by atoms with Gasteiger partial charge in [0, 0.05) is 38.0 Å². The number of ether oxygens (including phenoxy) is 1. The van der Waals surface area contributed by atoms with Crippen LogP contribution in [-0.4, -0.2) is 68.1 Å². The number of anilines is 2. The molecule has 8 nitrogen and oxygen atoms in total. The van der Waals surface area contributed by atoms with Crippen LogP contribution in [-0.2, 0) is 32.0 Å². The number of nitrogens with zero attached hydrogens (tertiary/aromatic N) is 2. The molecule has 1 aromatic rings. The minimum Gasteiger partial charge on any atom is -0.381 e. The van der Waals surface area contributed by atoms with Crippen molar-refractivity contribution < 1.29 is 19.1 Å². The normalized spacial score (nSPS) is 22.0. The van der Waals surface area contributed by atoms with Crippen molar-refractivity contribution in [3.05, 3.63) is 23.3 Å². The second kappa shape index (κ2) is 9.19. The molecule has 0 radical (unpaired) electrons. The lowest BCUT2D eigenvalue weighted by Crippen LogP contribution is -2.46. The molecule has 0 saturated carbocycles. The molecule has 2 N–H and O–H groups in total. The Balaban J connectivity index is 1.10. The van der Waals surface area contributed by atoms with E-state index in [0.29, 0.717) is 30.6 Å². The number of hydrogen-bond donors (Lipinski definition) is 2. The quantitative estimate of drug-likeness (QED) is 0.692. The number of nitrogens with one attached hydrogen (secondary N) is 2. The van der Waals surface area contributed by atoms with Crippen LogP contribution in [0.2, 0.25) is 0 Å². The first-order valence-corrected chi connectivity index (χ1v) is 12.0. The molecular formula is C24H32N4O4. The highest BCUT2D eigenvalue weighted by Gasteiger charge is 2.33. The minimum atomic E-state index is -0.645. The van der Waals surface area contributed by atoms with Crippen LogP contribution >= 0.6 is 0 Å². The standard InChI is InChI=1S/C24H32N4O4/c29-21-14-18-13-19(12-17-2-1-7-28(21)22(17)18)26-24(31)23(30)25-15-16-3-8-27(9-4-16)20-5-10-32-11-6-20/h12-13,16,20H,1-11,14-15H2,(H,25,30)(H,26,31). The number of hydrogen-bond acceptors (Lipinski definition) is 5. The third kappa shape index (κ3) is 4.38. The van der Waals surface area contributed by atoms with Crippen molar-refractivity contribution in [2.75, 3.05) is 49.6 Å². The van der Waals surface area contributed by atoms with Crippen molar-refractivity contribution in [1.29, 1.82) is 0 Å². The van der Waals surface area contributed by atoms with E-state index < -0.39 is 11.8 Å². The topological polar surface area (TPSA) is 91.0 Å². The summed E-state index contributed by atoms with van der Waals surface area (Å²) in [6.07, 6.45) is 6.47. The van der Waals surface area contributed by atoms with Crippen LogP contribution in [0.4, 0.5) is 11.4 Å². The predicted molar refractivity (Wildman–Crippen MR) is 121 cm³/mol. The molecule has 4 heterocycles. The molecule has 172 valence electrons. The van der Waals surface area contributed by atoms with Gasteiger partial charge in [-0.05, 0) is 80.8 Å². The van der Waals surface area contributed by atoms with E-state index in [2.05, 4.69) is 15.5 Å². The molecule has 2 fully saturated rings. The lowest BCUT2D eigenvalue weighted by Gasteiger charge is -2.39. The lowest BCUT2D eigenvalue weighted by atomic mass is 9.94. The molecule has 0 spiro atoms. The van der Waals surface area contributed by atoms with Crippen molar-refractivity contribution in [3.63, 3.8) is 0 Å². The Kier molecular flexibility index (Phi) is 6.15. The van der Waals surface area contributed by atoms with Crippen LogP contribution in [0.1, 0.15) is 43.2 Å². The van der Waals surface area contributed by atoms with Gasteiger partial charge < -0.3 is 25.2 Å². The average molecular weight is 441 g/mol. The Morgan fingerprint density at radius 2 is 1.75 bits per heavy atom. The summed E-state index contributed by atoms with van der Waals surface area (Å²) in [7, 11) is 0. The molecule has 32 heavy (non-hydrogen) atoms. The fraction of sp³-hybridized carbons (Fsp3) is 0.625. The number of rotatable bonds is 4. The number of benzene rings is 1. The third-order valence-corrected chi connectivity index (χ3v) is 7.38. The summed E-state index contributed by atoms with van der Waals surface area (Å²) in [5.41, 5.74) is 3.63. The van der Waals surface area contributed by atoms with E-state index in [1.54, 1.807) is 0 Å². The Morgan fingerprint density at radius 3 is 2.53 bits per heavy atom. The zero-order valence-electron chi connectivity index (χ0n) is 18.5. The molecule has 2 saturated heterocycles. The van der Waals surface area contributed by atoms with E-state index in [1.807, 2.05) is 17.0 Å². The molecule has 0 atom stereocenters. The fourth-order valence-corrected chi connectivity index (χ4v) is 5.63. The summed E-state index contributed by atoms with van der Waals surface area (Å²) in [6.45, 7) is 5.11. The van der Waals surface area contributed by atoms with Gasteiger partial charge in [0.15, 0.2) is 0 Å². The Morgan fingerprint density at radius 1 is 1.00 bits per heavy atom. The second-order valence-electron chi connectivity index (χ2n) is 9.46. The number of piperidine rings is 1. The van der Waals surface area contributed by atoms with Gasteiger partial charge >= 0.3 is 11.8 Å². The Bertz CT molecular complexity index is 904. The van der Waals surface area contributed by atoms with Crippen molar-refractivity contribution >= 4 is 29.1 Å². The molecule has 8 heteroatoms. The summed E-state index contributed by atoms with van der Waals surface area (Å²) in [6, 6.07) is 4.37. The van der Waals surface area contributed by atoms with Gasteiger partial charge in [-0.15, -0.1) is 0 Å². The maximum absolute atomic E-state index is 12.5. The first kappa shape index (κ1) is 21.4. The maximum Gasteiger partial charge on any atom is 0.313 e. The van der Waals surface area contributed by atoms with E-state index in [0.717, 1.165) is 88.2 Å². The van der Waals surface area contributed by atoms with Gasteiger partial charge in [0.25, 0.3) is 0 Å². The highest BCUT2D eigenvalue weighted by Crippen LogP contribution is 2.38. The third-order valence-electron chi connectivity index (χ3n) is 7.38. The van der Waals surface area contributed by atoms with Gasteiger partial charge in [0.05, 0.1) is 12.1 Å². The van der Waals surface area contributed by atoms with Crippen molar-refractivity contribution in [2.24, 2.45) is 5.92 Å². The number of carbonyl (C=O) groups excluding carboxylic acids is 3. The number of amides is 3. The molecule has 3 amide bonds. The zero-order chi connectivity index (χ0) is 22.1. The molecule has 5 rings (SSSR count). The molecule has 4 aliphatic rings. The van der Waals surface area contributed by atoms with E-state index in [1.165, 1.54) is 0 Å². The monoisotopic (exact) mass is 440 g/mol.